The van der Waals surface area contributed by atoms with Gasteiger partial charge in [-0.2, -0.15) is 0 Å². The smallest absolute Gasteiger partial charge is 0.220 e. The van der Waals surface area contributed by atoms with Gasteiger partial charge in [-0.05, 0) is 24.7 Å². The molecule has 0 spiro atoms. The Morgan fingerprint density at radius 2 is 2.33 bits per heavy atom. The van der Waals surface area contributed by atoms with Gasteiger partial charge in [0.15, 0.2) is 0 Å². The van der Waals surface area contributed by atoms with Crippen LogP contribution >= 0.6 is 33.1 Å². The van der Waals surface area contributed by atoms with Crippen molar-refractivity contribution in [1.29, 1.82) is 0 Å². The number of fused-ring (bicyclic) bond motifs is 1. The summed E-state index contributed by atoms with van der Waals surface area (Å²) < 4.78 is 0. The third kappa shape index (κ3) is 2.55. The Hall–Kier alpha value is 1.19. The molecule has 6 unspecified atom stereocenters. The molecule has 0 aromatic rings. The second kappa shape index (κ2) is 5.23. The minimum Gasteiger partial charge on any atom is -0.352 e. The van der Waals surface area contributed by atoms with Crippen LogP contribution in [0.2, 0.25) is 0 Å². The van der Waals surface area contributed by atoms with Crippen molar-refractivity contribution in [3.05, 3.63) is 0 Å². The molecule has 15 heavy (non-hydrogen) atoms. The fourth-order valence-electron chi connectivity index (χ4n) is 3.00. The van der Waals surface area contributed by atoms with Crippen molar-refractivity contribution in [3.8, 4) is 0 Å². The van der Waals surface area contributed by atoms with Gasteiger partial charge in [-0.3, -0.25) is 4.79 Å². The molecule has 1 N–H and O–H groups in total. The summed E-state index contributed by atoms with van der Waals surface area (Å²) in [7, 11) is 6.86. The van der Waals surface area contributed by atoms with Gasteiger partial charge in [-0.15, -0.1) is 17.9 Å². The molecular weight excluding hydrogens is 262 g/mol. The van der Waals surface area contributed by atoms with Crippen molar-refractivity contribution in [2.24, 2.45) is 11.8 Å². The van der Waals surface area contributed by atoms with Crippen LogP contribution in [0.4, 0.5) is 0 Å². The summed E-state index contributed by atoms with van der Waals surface area (Å²) >= 11 is 0. The minimum absolute atomic E-state index is 0.0112. The fourth-order valence-corrected chi connectivity index (χ4v) is 9.26. The Morgan fingerprint density at radius 1 is 1.60 bits per heavy atom. The number of nitrogens with one attached hydrogen (secondary N) is 1. The van der Waals surface area contributed by atoms with E-state index in [2.05, 4.69) is 30.1 Å². The van der Waals surface area contributed by atoms with Crippen molar-refractivity contribution in [1.82, 2.24) is 5.32 Å². The molecular formula is C9H19NOP4. The molecule has 0 radical (unpaired) electrons. The zero-order chi connectivity index (χ0) is 11.0. The maximum atomic E-state index is 11.5. The SMILES string of the molecule is C[C@H]1CC2CCC(=O)NC2[C@H]1P(P)PP. The van der Waals surface area contributed by atoms with Crippen molar-refractivity contribution in [3.63, 3.8) is 0 Å². The molecule has 1 heterocycles. The molecule has 1 amide bonds. The molecule has 2 aliphatic rings. The van der Waals surface area contributed by atoms with Crippen LogP contribution in [0.5, 0.6) is 0 Å². The first-order chi connectivity index (χ1) is 7.13. The van der Waals surface area contributed by atoms with Crippen LogP contribution in [0.25, 0.3) is 0 Å². The molecule has 1 aliphatic heterocycles. The molecule has 1 aliphatic carbocycles. The quantitative estimate of drug-likeness (QED) is 0.775. The van der Waals surface area contributed by atoms with Gasteiger partial charge in [0.1, 0.15) is 0 Å². The van der Waals surface area contributed by atoms with Gasteiger partial charge < -0.3 is 5.32 Å². The van der Waals surface area contributed by atoms with E-state index in [-0.39, 0.29) is 13.2 Å². The fraction of sp³-hybridized carbons (Fsp3) is 0.889. The van der Waals surface area contributed by atoms with Crippen molar-refractivity contribution < 1.29 is 4.79 Å². The van der Waals surface area contributed by atoms with E-state index in [1.807, 2.05) is 0 Å². The van der Waals surface area contributed by atoms with E-state index in [4.69, 9.17) is 0 Å². The summed E-state index contributed by atoms with van der Waals surface area (Å²) in [4.78, 5) is 11.5. The standard InChI is InChI=1S/C9H19NOP4/c1-5-4-6-2-3-7(11)10-8(6)9(5)15(13)14-12/h5-6,8-9,14H,2-4,12-13H2,1H3,(H,10,11)/t5-,6?,8?,9-,15?/m0/s1. The van der Waals surface area contributed by atoms with Crippen LogP contribution in [0.1, 0.15) is 26.2 Å². The summed E-state index contributed by atoms with van der Waals surface area (Å²) in [6.45, 7) is 2.36. The number of rotatable bonds is 2. The first-order valence-electron chi connectivity index (χ1n) is 5.43. The molecule has 1 saturated heterocycles. The topological polar surface area (TPSA) is 29.1 Å². The van der Waals surface area contributed by atoms with Crippen molar-refractivity contribution >= 4 is 39.0 Å². The first-order valence-corrected chi connectivity index (χ1v) is 12.1. The average Bonchev–Trinajstić information content (AvgIpc) is 2.52. The Kier molecular flexibility index (Phi) is 4.41. The van der Waals surface area contributed by atoms with Crippen LogP contribution in [-0.4, -0.2) is 17.6 Å². The number of hydrogen-bond acceptors (Lipinski definition) is 1. The molecule has 2 nitrogen and oxygen atoms in total. The molecule has 6 heteroatoms. The van der Waals surface area contributed by atoms with Gasteiger partial charge in [-0.25, -0.2) is 0 Å². The lowest BCUT2D eigenvalue weighted by Gasteiger charge is -2.33. The average molecular weight is 281 g/mol. The van der Waals surface area contributed by atoms with E-state index in [1.165, 1.54) is 6.42 Å². The van der Waals surface area contributed by atoms with Gasteiger partial charge in [0, 0.05) is 18.1 Å². The third-order valence-electron chi connectivity index (χ3n) is 3.67. The highest BCUT2D eigenvalue weighted by Crippen LogP contribution is 2.73. The zero-order valence-corrected chi connectivity index (χ0v) is 13.1. The van der Waals surface area contributed by atoms with Crippen LogP contribution in [0.3, 0.4) is 0 Å². The summed E-state index contributed by atoms with van der Waals surface area (Å²) in [6, 6.07) is 0.484. The summed E-state index contributed by atoms with van der Waals surface area (Å²) in [5.74, 6) is 1.82. The van der Waals surface area contributed by atoms with E-state index in [0.29, 0.717) is 6.04 Å². The maximum absolute atomic E-state index is 11.5. The van der Waals surface area contributed by atoms with Gasteiger partial charge in [-0.1, -0.05) is 22.2 Å². The molecule has 0 bridgehead atoms. The van der Waals surface area contributed by atoms with Crippen molar-refractivity contribution in [2.45, 2.75) is 37.9 Å². The van der Waals surface area contributed by atoms with Crippen LogP contribution in [0, 0.1) is 11.8 Å². The van der Waals surface area contributed by atoms with E-state index < -0.39 is 0 Å². The summed E-state index contributed by atoms with van der Waals surface area (Å²) in [5.41, 5.74) is 0.732. The van der Waals surface area contributed by atoms with Gasteiger partial charge in [0.05, 0.1) is 0 Å². The number of hydrogen-bond donors (Lipinski definition) is 1. The highest BCUT2D eigenvalue weighted by atomic mass is 32.6. The van der Waals surface area contributed by atoms with E-state index in [0.717, 1.165) is 38.3 Å². The Balaban J connectivity index is 2.12. The maximum Gasteiger partial charge on any atom is 0.220 e. The minimum atomic E-state index is 0.0112. The zero-order valence-electron chi connectivity index (χ0n) is 8.94. The highest BCUT2D eigenvalue weighted by molar-refractivity contribution is 8.61. The molecule has 2 rings (SSSR count). The molecule has 0 aromatic heterocycles. The Labute approximate surface area is 99.1 Å². The lowest BCUT2D eigenvalue weighted by molar-refractivity contribution is -0.123. The summed E-state index contributed by atoms with van der Waals surface area (Å²) in [5, 5.41) is 3.23. The van der Waals surface area contributed by atoms with E-state index in [9.17, 15) is 4.79 Å². The van der Waals surface area contributed by atoms with Crippen LogP contribution in [-0.2, 0) is 4.79 Å². The van der Waals surface area contributed by atoms with E-state index in [1.54, 1.807) is 0 Å². The number of carbonyl (C=O) groups excluding carboxylic acids is 1. The van der Waals surface area contributed by atoms with Gasteiger partial charge >= 0.3 is 0 Å². The Morgan fingerprint density at radius 3 is 3.00 bits per heavy atom. The monoisotopic (exact) mass is 281 g/mol. The highest BCUT2D eigenvalue weighted by Gasteiger charge is 2.45. The van der Waals surface area contributed by atoms with E-state index >= 15 is 0 Å². The molecule has 86 valence electrons. The van der Waals surface area contributed by atoms with Crippen molar-refractivity contribution in [2.75, 3.05) is 0 Å². The first kappa shape index (κ1) is 12.6. The van der Waals surface area contributed by atoms with Gasteiger partial charge in [0.2, 0.25) is 5.91 Å². The molecule has 0 aromatic carbocycles. The summed E-state index contributed by atoms with van der Waals surface area (Å²) in [6.07, 6.45) is 3.18. The lowest BCUT2D eigenvalue weighted by Crippen LogP contribution is -2.47. The molecule has 8 atom stereocenters. The van der Waals surface area contributed by atoms with Crippen LogP contribution < -0.4 is 5.32 Å². The third-order valence-corrected chi connectivity index (χ3v) is 15.0. The predicted octanol–water partition coefficient (Wildman–Crippen LogP) is 2.95. The number of amides is 1. The number of piperidine rings is 1. The number of carbonyl (C=O) groups is 1. The normalized spacial score (nSPS) is 43.0. The second-order valence-electron chi connectivity index (χ2n) is 4.63. The largest absolute Gasteiger partial charge is 0.352 e. The lowest BCUT2D eigenvalue weighted by atomic mass is 9.93. The second-order valence-corrected chi connectivity index (χ2v) is 14.2. The Bertz CT molecular complexity index is 262. The van der Waals surface area contributed by atoms with Crippen LogP contribution in [0.15, 0.2) is 0 Å². The molecule has 2 fully saturated rings. The predicted molar refractivity (Wildman–Crippen MR) is 76.9 cm³/mol. The molecule has 1 saturated carbocycles. The van der Waals surface area contributed by atoms with Gasteiger partial charge in [0.25, 0.3) is 0 Å².